The Labute approximate surface area is 166 Å². The molecule has 0 spiro atoms. The van der Waals surface area contributed by atoms with Crippen molar-refractivity contribution in [2.45, 2.75) is 25.9 Å². The Hall–Kier alpha value is -2.88. The van der Waals surface area contributed by atoms with Crippen LogP contribution in [0, 0.1) is 5.82 Å². The second kappa shape index (κ2) is 8.24. The SMILES string of the molecule is C=CCc1c(OC(=O)CC)c(Cl)cc(F)c1-n1c(=O)cc(C(F)(F)F)n(C)c1=O. The molecule has 0 aliphatic rings. The fraction of sp³-hybridized carbons (Fsp3) is 0.278. The van der Waals surface area contributed by atoms with Gasteiger partial charge in [0.1, 0.15) is 11.5 Å². The van der Waals surface area contributed by atoms with Crippen molar-refractivity contribution in [2.24, 2.45) is 7.05 Å². The molecule has 0 saturated heterocycles. The predicted octanol–water partition coefficient (Wildman–Crippen LogP) is 3.39. The van der Waals surface area contributed by atoms with Crippen molar-refractivity contribution in [2.75, 3.05) is 0 Å². The Bertz CT molecular complexity index is 1100. The second-order valence-electron chi connectivity index (χ2n) is 5.86. The Balaban J connectivity index is 2.95. The molecule has 0 aliphatic heterocycles. The van der Waals surface area contributed by atoms with Crippen molar-refractivity contribution in [3.8, 4) is 11.4 Å². The van der Waals surface area contributed by atoms with Gasteiger partial charge in [-0.05, 0) is 12.5 Å². The van der Waals surface area contributed by atoms with Gasteiger partial charge in [0.15, 0.2) is 5.75 Å². The molecule has 0 amide bonds. The minimum atomic E-state index is -4.98. The highest BCUT2D eigenvalue weighted by Crippen LogP contribution is 2.36. The van der Waals surface area contributed by atoms with Gasteiger partial charge in [0, 0.05) is 25.1 Å². The molecule has 1 heterocycles. The Morgan fingerprint density at radius 1 is 1.31 bits per heavy atom. The summed E-state index contributed by atoms with van der Waals surface area (Å²) in [5.41, 5.74) is -5.22. The lowest BCUT2D eigenvalue weighted by molar-refractivity contribution is -0.144. The summed E-state index contributed by atoms with van der Waals surface area (Å²) < 4.78 is 59.4. The molecule has 2 aromatic rings. The smallest absolute Gasteiger partial charge is 0.425 e. The number of halogens is 5. The zero-order chi connectivity index (χ0) is 22.1. The standard InChI is InChI=1S/C18H15ClF4N2O4/c1-4-6-9-15(11(20)7-10(19)16(9)29-14(27)5-2)25-13(26)8-12(18(21,22)23)24(3)17(25)28/h4,7-8H,1,5-6H2,2-3H3. The molecule has 156 valence electrons. The summed E-state index contributed by atoms with van der Waals surface area (Å²) in [5, 5.41) is -0.318. The van der Waals surface area contributed by atoms with Gasteiger partial charge in [-0.15, -0.1) is 6.58 Å². The molecule has 0 atom stereocenters. The topological polar surface area (TPSA) is 70.3 Å². The van der Waals surface area contributed by atoms with E-state index >= 15 is 0 Å². The van der Waals surface area contributed by atoms with Crippen molar-refractivity contribution < 1.29 is 27.1 Å². The number of ether oxygens (including phenoxy) is 1. The van der Waals surface area contributed by atoms with E-state index < -0.39 is 40.6 Å². The highest BCUT2D eigenvalue weighted by Gasteiger charge is 2.35. The first-order valence-electron chi connectivity index (χ1n) is 8.17. The van der Waals surface area contributed by atoms with E-state index in [1.54, 1.807) is 0 Å². The van der Waals surface area contributed by atoms with Gasteiger partial charge in [-0.25, -0.2) is 13.8 Å². The van der Waals surface area contributed by atoms with Crippen LogP contribution in [0.15, 0.2) is 34.4 Å². The minimum absolute atomic E-state index is 0.0570. The molecule has 11 heteroatoms. The Kier molecular flexibility index (Phi) is 6.37. The Morgan fingerprint density at radius 2 is 1.93 bits per heavy atom. The maximum atomic E-state index is 14.8. The predicted molar refractivity (Wildman–Crippen MR) is 97.1 cm³/mol. The van der Waals surface area contributed by atoms with Crippen LogP contribution in [0.1, 0.15) is 24.6 Å². The number of carbonyl (C=O) groups excluding carboxylic acids is 1. The highest BCUT2D eigenvalue weighted by molar-refractivity contribution is 6.32. The highest BCUT2D eigenvalue weighted by atomic mass is 35.5. The molecule has 0 aliphatic carbocycles. The molecule has 2 rings (SSSR count). The third-order valence-electron chi connectivity index (χ3n) is 3.94. The van der Waals surface area contributed by atoms with E-state index in [0.717, 1.165) is 7.05 Å². The molecular formula is C18H15ClF4N2O4. The molecule has 0 bridgehead atoms. The lowest BCUT2D eigenvalue weighted by Gasteiger charge is -2.19. The summed E-state index contributed by atoms with van der Waals surface area (Å²) in [7, 11) is 0.792. The number of allylic oxidation sites excluding steroid dienone is 1. The van der Waals surface area contributed by atoms with Gasteiger partial charge in [0.25, 0.3) is 5.56 Å². The van der Waals surface area contributed by atoms with Crippen molar-refractivity contribution in [1.29, 1.82) is 0 Å². The van der Waals surface area contributed by atoms with Gasteiger partial charge in [-0.1, -0.05) is 24.6 Å². The fourth-order valence-electron chi connectivity index (χ4n) is 2.62. The van der Waals surface area contributed by atoms with Crippen LogP contribution in [-0.2, 0) is 24.4 Å². The van der Waals surface area contributed by atoms with Crippen LogP contribution < -0.4 is 16.0 Å². The lowest BCUT2D eigenvalue weighted by atomic mass is 10.1. The summed E-state index contributed by atoms with van der Waals surface area (Å²) in [4.78, 5) is 36.6. The fourth-order valence-corrected chi connectivity index (χ4v) is 2.86. The average molecular weight is 435 g/mol. The van der Waals surface area contributed by atoms with Crippen molar-refractivity contribution >= 4 is 17.6 Å². The zero-order valence-electron chi connectivity index (χ0n) is 15.3. The first kappa shape index (κ1) is 22.4. The van der Waals surface area contributed by atoms with E-state index in [0.29, 0.717) is 6.07 Å². The molecule has 0 saturated carbocycles. The number of rotatable bonds is 5. The van der Waals surface area contributed by atoms with Crippen LogP contribution in [0.3, 0.4) is 0 Å². The third kappa shape index (κ3) is 4.26. The van der Waals surface area contributed by atoms with E-state index in [9.17, 15) is 31.9 Å². The molecule has 29 heavy (non-hydrogen) atoms. The summed E-state index contributed by atoms with van der Waals surface area (Å²) in [6, 6.07) is 0.871. The number of esters is 1. The van der Waals surface area contributed by atoms with Gasteiger partial charge in [-0.3, -0.25) is 14.2 Å². The molecule has 0 unspecified atom stereocenters. The van der Waals surface area contributed by atoms with Crippen LogP contribution in [0.2, 0.25) is 5.02 Å². The van der Waals surface area contributed by atoms with E-state index in [1.807, 2.05) is 0 Å². The largest absolute Gasteiger partial charge is 0.431 e. The van der Waals surface area contributed by atoms with Crippen LogP contribution in [0.25, 0.3) is 5.69 Å². The van der Waals surface area contributed by atoms with Crippen LogP contribution in [0.4, 0.5) is 17.6 Å². The van der Waals surface area contributed by atoms with Crippen molar-refractivity contribution in [3.63, 3.8) is 0 Å². The first-order chi connectivity index (χ1) is 13.4. The average Bonchev–Trinajstić information content (AvgIpc) is 2.62. The normalized spacial score (nSPS) is 11.4. The first-order valence-corrected chi connectivity index (χ1v) is 8.54. The molecule has 1 aromatic heterocycles. The summed E-state index contributed by atoms with van der Waals surface area (Å²) >= 11 is 5.96. The Morgan fingerprint density at radius 3 is 2.45 bits per heavy atom. The number of hydrogen-bond acceptors (Lipinski definition) is 4. The third-order valence-corrected chi connectivity index (χ3v) is 4.22. The monoisotopic (exact) mass is 434 g/mol. The van der Waals surface area contributed by atoms with Crippen LogP contribution in [-0.4, -0.2) is 15.1 Å². The minimum Gasteiger partial charge on any atom is -0.425 e. The summed E-state index contributed by atoms with van der Waals surface area (Å²) in [5.74, 6) is -2.21. The van der Waals surface area contributed by atoms with Crippen molar-refractivity contribution in [1.82, 2.24) is 9.13 Å². The maximum absolute atomic E-state index is 14.8. The van der Waals surface area contributed by atoms with E-state index in [2.05, 4.69) is 6.58 Å². The zero-order valence-corrected chi connectivity index (χ0v) is 16.0. The number of hydrogen-bond donors (Lipinski definition) is 0. The van der Waals surface area contributed by atoms with Gasteiger partial charge in [0.05, 0.1) is 10.7 Å². The van der Waals surface area contributed by atoms with Crippen molar-refractivity contribution in [3.05, 3.63) is 67.7 Å². The van der Waals surface area contributed by atoms with Crippen LogP contribution in [0.5, 0.6) is 5.75 Å². The second-order valence-corrected chi connectivity index (χ2v) is 6.27. The van der Waals surface area contributed by atoms with E-state index in [1.165, 1.54) is 13.0 Å². The lowest BCUT2D eigenvalue weighted by Crippen LogP contribution is -2.41. The van der Waals surface area contributed by atoms with Gasteiger partial charge in [-0.2, -0.15) is 13.2 Å². The molecule has 0 radical (unpaired) electrons. The number of aromatic nitrogens is 2. The molecule has 0 fully saturated rings. The number of alkyl halides is 3. The molecule has 1 aromatic carbocycles. The van der Waals surface area contributed by atoms with Crippen LogP contribution >= 0.6 is 11.6 Å². The van der Waals surface area contributed by atoms with Gasteiger partial charge < -0.3 is 4.74 Å². The molecule has 0 N–H and O–H groups in total. The van der Waals surface area contributed by atoms with Gasteiger partial charge in [0.2, 0.25) is 0 Å². The maximum Gasteiger partial charge on any atom is 0.431 e. The van der Waals surface area contributed by atoms with E-state index in [4.69, 9.17) is 16.3 Å². The van der Waals surface area contributed by atoms with Gasteiger partial charge >= 0.3 is 17.8 Å². The quantitative estimate of drug-likeness (QED) is 0.313. The number of benzene rings is 1. The van der Waals surface area contributed by atoms with E-state index in [-0.39, 0.29) is 44.4 Å². The molecule has 6 nitrogen and oxygen atoms in total. The summed E-state index contributed by atoms with van der Waals surface area (Å²) in [6.45, 7) is 4.96. The molecular weight excluding hydrogens is 420 g/mol. The number of carbonyl (C=O) groups is 1. The summed E-state index contributed by atoms with van der Waals surface area (Å²) in [6.07, 6.45) is -3.97. The number of nitrogens with zero attached hydrogens (tertiary/aromatic N) is 2.